The van der Waals surface area contributed by atoms with Gasteiger partial charge in [0.15, 0.2) is 0 Å². The quantitative estimate of drug-likeness (QED) is 0.764. The van der Waals surface area contributed by atoms with Gasteiger partial charge in [0.05, 0.1) is 5.75 Å². The Labute approximate surface area is 120 Å². The summed E-state index contributed by atoms with van der Waals surface area (Å²) in [6.07, 6.45) is 0.749. The molecule has 0 amide bonds. The molecule has 0 bridgehead atoms. The molecule has 0 aliphatic heterocycles. The molecule has 1 unspecified atom stereocenters. The van der Waals surface area contributed by atoms with Gasteiger partial charge in [0.2, 0.25) is 10.0 Å². The average molecular weight is 299 g/mol. The van der Waals surface area contributed by atoms with Crippen molar-refractivity contribution in [2.75, 3.05) is 5.75 Å². The van der Waals surface area contributed by atoms with Crippen LogP contribution in [-0.4, -0.2) is 31.3 Å². The van der Waals surface area contributed by atoms with Crippen molar-refractivity contribution in [3.05, 3.63) is 35.9 Å². The second-order valence-electron chi connectivity index (χ2n) is 5.21. The Hall–Kier alpha value is -1.40. The summed E-state index contributed by atoms with van der Waals surface area (Å²) in [7, 11) is -3.56. The standard InChI is InChI=1S/C14H21NO4S/c1-11(2)10-20(18,19)15-13(14(16)17)9-8-12-6-4-3-5-7-12/h3-7,11,13,15H,8-10H2,1-2H3,(H,16,17). The lowest BCUT2D eigenvalue weighted by molar-refractivity contribution is -0.139. The third-order valence-electron chi connectivity index (χ3n) is 2.74. The van der Waals surface area contributed by atoms with E-state index in [4.69, 9.17) is 5.11 Å². The number of carboxylic acids is 1. The van der Waals surface area contributed by atoms with Crippen LogP contribution >= 0.6 is 0 Å². The van der Waals surface area contributed by atoms with Crippen molar-refractivity contribution >= 4 is 16.0 Å². The first-order valence-corrected chi connectivity index (χ1v) is 8.22. The van der Waals surface area contributed by atoms with Gasteiger partial charge >= 0.3 is 5.97 Å². The molecular weight excluding hydrogens is 278 g/mol. The number of benzene rings is 1. The molecule has 0 saturated carbocycles. The van der Waals surface area contributed by atoms with Gasteiger partial charge in [0.25, 0.3) is 0 Å². The molecule has 0 aromatic heterocycles. The Morgan fingerprint density at radius 3 is 2.35 bits per heavy atom. The molecule has 0 radical (unpaired) electrons. The van der Waals surface area contributed by atoms with Crippen molar-refractivity contribution in [3.8, 4) is 0 Å². The van der Waals surface area contributed by atoms with Crippen molar-refractivity contribution in [1.82, 2.24) is 4.72 Å². The first kappa shape index (κ1) is 16.7. The highest BCUT2D eigenvalue weighted by Gasteiger charge is 2.24. The molecule has 1 aromatic carbocycles. The van der Waals surface area contributed by atoms with Crippen LogP contribution in [0, 0.1) is 5.92 Å². The predicted octanol–water partition coefficient (Wildman–Crippen LogP) is 1.65. The van der Waals surface area contributed by atoms with E-state index < -0.39 is 22.0 Å². The minimum Gasteiger partial charge on any atom is -0.480 e. The maximum Gasteiger partial charge on any atom is 0.321 e. The van der Waals surface area contributed by atoms with E-state index in [-0.39, 0.29) is 18.1 Å². The van der Waals surface area contributed by atoms with Crippen molar-refractivity contribution in [1.29, 1.82) is 0 Å². The fourth-order valence-corrected chi connectivity index (χ4v) is 3.52. The molecule has 0 spiro atoms. The lowest BCUT2D eigenvalue weighted by Crippen LogP contribution is -2.42. The van der Waals surface area contributed by atoms with E-state index in [9.17, 15) is 13.2 Å². The summed E-state index contributed by atoms with van der Waals surface area (Å²) >= 11 is 0. The number of aliphatic carboxylic acids is 1. The van der Waals surface area contributed by atoms with Crippen LogP contribution in [0.15, 0.2) is 30.3 Å². The van der Waals surface area contributed by atoms with Crippen molar-refractivity contribution < 1.29 is 18.3 Å². The SMILES string of the molecule is CC(C)CS(=O)(=O)NC(CCc1ccccc1)C(=O)O. The minimum atomic E-state index is -3.56. The zero-order valence-corrected chi connectivity index (χ0v) is 12.6. The van der Waals surface area contributed by atoms with Gasteiger partial charge in [0.1, 0.15) is 6.04 Å². The lowest BCUT2D eigenvalue weighted by Gasteiger charge is -2.15. The van der Waals surface area contributed by atoms with Crippen LogP contribution in [0.5, 0.6) is 0 Å². The minimum absolute atomic E-state index is 0.0453. The molecule has 1 atom stereocenters. The zero-order chi connectivity index (χ0) is 15.2. The number of carboxylic acid groups (broad SMARTS) is 1. The van der Waals surface area contributed by atoms with Gasteiger partial charge in [-0.05, 0) is 24.3 Å². The fourth-order valence-electron chi connectivity index (χ4n) is 1.89. The average Bonchev–Trinajstić information content (AvgIpc) is 2.33. The van der Waals surface area contributed by atoms with Gasteiger partial charge in [-0.2, -0.15) is 0 Å². The summed E-state index contributed by atoms with van der Waals surface area (Å²) < 4.78 is 25.9. The Morgan fingerprint density at radius 1 is 1.25 bits per heavy atom. The Morgan fingerprint density at radius 2 is 1.85 bits per heavy atom. The third-order valence-corrected chi connectivity index (χ3v) is 4.49. The van der Waals surface area contributed by atoms with Crippen LogP contribution in [0.1, 0.15) is 25.8 Å². The van der Waals surface area contributed by atoms with E-state index in [2.05, 4.69) is 4.72 Å². The van der Waals surface area contributed by atoms with E-state index in [1.165, 1.54) is 0 Å². The largest absolute Gasteiger partial charge is 0.480 e. The maximum absolute atomic E-state index is 11.8. The van der Waals surface area contributed by atoms with Crippen LogP contribution in [0.3, 0.4) is 0 Å². The molecule has 0 heterocycles. The third kappa shape index (κ3) is 6.16. The number of rotatable bonds is 8. The molecule has 112 valence electrons. The second kappa shape index (κ2) is 7.40. The zero-order valence-electron chi connectivity index (χ0n) is 11.7. The van der Waals surface area contributed by atoms with Crippen LogP contribution in [0.2, 0.25) is 0 Å². The number of sulfonamides is 1. The smallest absolute Gasteiger partial charge is 0.321 e. The first-order chi connectivity index (χ1) is 9.30. The Balaban J connectivity index is 2.64. The highest BCUT2D eigenvalue weighted by Crippen LogP contribution is 2.07. The highest BCUT2D eigenvalue weighted by atomic mass is 32.2. The summed E-state index contributed by atoms with van der Waals surface area (Å²) in [5, 5.41) is 9.12. The van der Waals surface area contributed by atoms with Crippen LogP contribution < -0.4 is 4.72 Å². The summed E-state index contributed by atoms with van der Waals surface area (Å²) in [4.78, 5) is 11.2. The molecule has 1 aromatic rings. The maximum atomic E-state index is 11.8. The topological polar surface area (TPSA) is 83.5 Å². The van der Waals surface area contributed by atoms with Gasteiger partial charge in [-0.15, -0.1) is 0 Å². The molecule has 0 aliphatic carbocycles. The van der Waals surface area contributed by atoms with E-state index >= 15 is 0 Å². The fraction of sp³-hybridized carbons (Fsp3) is 0.500. The number of hydrogen-bond donors (Lipinski definition) is 2. The van der Waals surface area contributed by atoms with Crippen molar-refractivity contribution in [3.63, 3.8) is 0 Å². The van der Waals surface area contributed by atoms with Crippen molar-refractivity contribution in [2.45, 2.75) is 32.7 Å². The van der Waals surface area contributed by atoms with Gasteiger partial charge < -0.3 is 5.11 Å². The van der Waals surface area contributed by atoms with Crippen LogP contribution in [0.4, 0.5) is 0 Å². The van der Waals surface area contributed by atoms with E-state index in [1.54, 1.807) is 13.8 Å². The number of carbonyl (C=O) groups is 1. The summed E-state index contributed by atoms with van der Waals surface area (Å²) in [5.74, 6) is -1.26. The summed E-state index contributed by atoms with van der Waals surface area (Å²) in [6, 6.07) is 8.31. The number of hydrogen-bond acceptors (Lipinski definition) is 3. The normalized spacial score (nSPS) is 13.3. The molecular formula is C14H21NO4S. The van der Waals surface area contributed by atoms with E-state index in [0.29, 0.717) is 6.42 Å². The van der Waals surface area contributed by atoms with Crippen LogP contribution in [-0.2, 0) is 21.2 Å². The van der Waals surface area contributed by atoms with Gasteiger partial charge in [-0.25, -0.2) is 13.1 Å². The van der Waals surface area contributed by atoms with Gasteiger partial charge in [-0.3, -0.25) is 4.79 Å². The molecule has 0 aliphatic rings. The first-order valence-electron chi connectivity index (χ1n) is 6.57. The summed E-state index contributed by atoms with van der Waals surface area (Å²) in [5.41, 5.74) is 0.988. The van der Waals surface area contributed by atoms with Crippen molar-refractivity contribution in [2.24, 2.45) is 5.92 Å². The number of aryl methyl sites for hydroxylation is 1. The Kier molecular flexibility index (Phi) is 6.16. The molecule has 20 heavy (non-hydrogen) atoms. The van der Waals surface area contributed by atoms with E-state index in [0.717, 1.165) is 5.56 Å². The second-order valence-corrected chi connectivity index (χ2v) is 7.01. The molecule has 6 heteroatoms. The van der Waals surface area contributed by atoms with Gasteiger partial charge in [-0.1, -0.05) is 44.2 Å². The predicted molar refractivity (Wildman–Crippen MR) is 77.9 cm³/mol. The molecule has 1 rings (SSSR count). The Bertz CT molecular complexity index is 525. The lowest BCUT2D eigenvalue weighted by atomic mass is 10.1. The van der Waals surface area contributed by atoms with Gasteiger partial charge in [0, 0.05) is 0 Å². The highest BCUT2D eigenvalue weighted by molar-refractivity contribution is 7.89. The van der Waals surface area contributed by atoms with Crippen LogP contribution in [0.25, 0.3) is 0 Å². The summed E-state index contributed by atoms with van der Waals surface area (Å²) in [6.45, 7) is 3.55. The molecule has 0 saturated heterocycles. The van der Waals surface area contributed by atoms with E-state index in [1.807, 2.05) is 30.3 Å². The molecule has 0 fully saturated rings. The number of nitrogens with one attached hydrogen (secondary N) is 1. The molecule has 5 nitrogen and oxygen atoms in total. The molecule has 2 N–H and O–H groups in total. The monoisotopic (exact) mass is 299 g/mol.